The van der Waals surface area contributed by atoms with Crippen molar-refractivity contribution in [2.45, 2.75) is 51.4 Å². The number of furan rings is 2. The number of benzene rings is 10. The molecule has 4 nitrogen and oxygen atoms in total. The van der Waals surface area contributed by atoms with Crippen LogP contribution in [0, 0.1) is 49.2 Å². The van der Waals surface area contributed by atoms with Crippen LogP contribution in [0.1, 0.15) is 54.4 Å². The Hall–Kier alpha value is -8.74. The number of hydrogen-bond acceptors (Lipinski definition) is 4. The molecule has 4 fully saturated rings. The normalized spacial score (nSPS) is 19.8. The van der Waals surface area contributed by atoms with E-state index in [4.69, 9.17) is 8.83 Å². The second kappa shape index (κ2) is 17.1. The molecule has 5 aliphatic carbocycles. The third-order valence-corrected chi connectivity index (χ3v) is 18.6. The molecular weight excluding hydrogens is 963 g/mol. The number of para-hydroxylation sites is 3. The fourth-order valence-corrected chi connectivity index (χ4v) is 15.5. The lowest BCUT2D eigenvalue weighted by Crippen LogP contribution is -2.55. The van der Waals surface area contributed by atoms with Gasteiger partial charge in [0.15, 0.2) is 5.58 Å². The summed E-state index contributed by atoms with van der Waals surface area (Å²) in [6, 6.07) is 70.6. The van der Waals surface area contributed by atoms with E-state index >= 15 is 0 Å². The Morgan fingerprint density at radius 2 is 0.923 bits per heavy atom. The van der Waals surface area contributed by atoms with E-state index in [1.807, 2.05) is 24.3 Å². The monoisotopic (exact) mass is 1020 g/mol. The van der Waals surface area contributed by atoms with Crippen LogP contribution in [0.15, 0.2) is 215 Å². The minimum absolute atomic E-state index is 0.243. The molecule has 0 N–H and O–H groups in total. The predicted octanol–water partition coefficient (Wildman–Crippen LogP) is 20.4. The Balaban J connectivity index is 0.924. The second-order valence-corrected chi connectivity index (χ2v) is 22.8. The lowest BCUT2D eigenvalue weighted by Gasteiger charge is -2.61. The maximum absolute atomic E-state index is 14.1. The molecule has 12 aromatic rings. The van der Waals surface area contributed by atoms with Crippen LogP contribution in [0.4, 0.5) is 42.9 Å². The molecular formula is C72H54F2N2O2. The molecule has 5 aliphatic rings. The quantitative estimate of drug-likeness (QED) is 0.152. The third kappa shape index (κ3) is 6.68. The van der Waals surface area contributed by atoms with Gasteiger partial charge in [0.05, 0.1) is 5.69 Å². The summed E-state index contributed by atoms with van der Waals surface area (Å²) in [5, 5.41) is 4.53. The largest absolute Gasteiger partial charge is 0.456 e. The minimum atomic E-state index is -0.293. The summed E-state index contributed by atoms with van der Waals surface area (Å²) in [5.74, 6) is 1.88. The molecule has 4 saturated carbocycles. The number of halogens is 2. The van der Waals surface area contributed by atoms with Crippen molar-refractivity contribution in [2.24, 2.45) is 23.7 Å². The van der Waals surface area contributed by atoms with Gasteiger partial charge >= 0.3 is 0 Å². The summed E-state index contributed by atoms with van der Waals surface area (Å²) in [6.45, 7) is 4.36. The molecule has 0 atom stereocenters. The Morgan fingerprint density at radius 1 is 0.423 bits per heavy atom. The van der Waals surface area contributed by atoms with Crippen molar-refractivity contribution >= 4 is 78.0 Å². The SMILES string of the molecule is Cc1ccccc1N(c1ccc(-c2ccc(F)cc2)cc1)c1ccc2c(c1)oc1c3c(ccc12)-c1c(cc(N(c2ccc(-c4ccc(F)cc4)cc2)c2ccccc2C)c2oc4ccccc4c12)C31C2CC3CC(C2)CC1C3. The zero-order valence-corrected chi connectivity index (χ0v) is 43.4. The molecule has 2 aromatic heterocycles. The maximum atomic E-state index is 14.1. The van der Waals surface area contributed by atoms with Crippen molar-refractivity contribution < 1.29 is 17.6 Å². The summed E-state index contributed by atoms with van der Waals surface area (Å²) in [5.41, 5.74) is 21.2. The molecule has 78 heavy (non-hydrogen) atoms. The zero-order chi connectivity index (χ0) is 52.0. The van der Waals surface area contributed by atoms with Gasteiger partial charge in [0, 0.05) is 67.0 Å². The average molecular weight is 1020 g/mol. The van der Waals surface area contributed by atoms with E-state index in [0.717, 1.165) is 123 Å². The standard InChI is InChI=1S/C72H54F2N2O2/c1-42-9-3-6-12-62(42)75(54-27-19-48(20-28-54)46-15-23-52(73)24-16-46)56-31-32-57-58-33-34-60-67-61(72(69(60)70(58)78-66(57)40-56)50-36-44-35-45(38-50)39-51(72)37-44)41-64(71-68(67)59-11-5-8-14-65(59)77-71)76(63-13-7-4-10-43(63)2)55-29-21-49(22-30-55)47-17-25-53(74)26-18-47/h3-34,40-41,44-45,50-51H,35-39H2,1-2H3. The van der Waals surface area contributed by atoms with Crippen molar-refractivity contribution in [3.05, 3.63) is 240 Å². The molecule has 0 aliphatic heterocycles. The summed E-state index contributed by atoms with van der Waals surface area (Å²) < 4.78 is 42.9. The van der Waals surface area contributed by atoms with E-state index in [1.165, 1.54) is 78.6 Å². The van der Waals surface area contributed by atoms with Crippen LogP contribution in [0.25, 0.3) is 77.3 Å². The molecule has 1 spiro atoms. The molecule has 17 rings (SSSR count). The van der Waals surface area contributed by atoms with Crippen LogP contribution in [0.3, 0.4) is 0 Å². The highest BCUT2D eigenvalue weighted by Gasteiger charge is 2.63. The van der Waals surface area contributed by atoms with Gasteiger partial charge in [-0.1, -0.05) is 109 Å². The van der Waals surface area contributed by atoms with Gasteiger partial charge < -0.3 is 18.6 Å². The first-order valence-corrected chi connectivity index (χ1v) is 27.7. The predicted molar refractivity (Wildman–Crippen MR) is 314 cm³/mol. The Morgan fingerprint density at radius 3 is 1.53 bits per heavy atom. The number of anilines is 6. The number of nitrogens with zero attached hydrogens (tertiary/aromatic N) is 2. The molecule has 0 amide bonds. The summed E-state index contributed by atoms with van der Waals surface area (Å²) in [7, 11) is 0. The first kappa shape index (κ1) is 45.5. The summed E-state index contributed by atoms with van der Waals surface area (Å²) in [4.78, 5) is 4.76. The number of hydrogen-bond donors (Lipinski definition) is 0. The Bertz CT molecular complexity index is 4350. The molecule has 4 bridgehead atoms. The van der Waals surface area contributed by atoms with Crippen LogP contribution >= 0.6 is 0 Å². The average Bonchev–Trinajstić information content (AvgIpc) is 2.20. The highest BCUT2D eigenvalue weighted by atomic mass is 19.1. The third-order valence-electron chi connectivity index (χ3n) is 18.6. The number of fused-ring (bicyclic) bond motifs is 11. The van der Waals surface area contributed by atoms with Gasteiger partial charge in [-0.3, -0.25) is 0 Å². The lowest BCUT2D eigenvalue weighted by atomic mass is 9.43. The van der Waals surface area contributed by atoms with Gasteiger partial charge in [0.2, 0.25) is 0 Å². The summed E-state index contributed by atoms with van der Waals surface area (Å²) in [6.07, 6.45) is 6.19. The van der Waals surface area contributed by atoms with E-state index in [0.29, 0.717) is 11.8 Å². The minimum Gasteiger partial charge on any atom is -0.456 e. The first-order chi connectivity index (χ1) is 38.3. The van der Waals surface area contributed by atoms with Gasteiger partial charge in [0.25, 0.3) is 0 Å². The Labute approximate surface area is 451 Å². The second-order valence-electron chi connectivity index (χ2n) is 22.8. The highest BCUT2D eigenvalue weighted by molar-refractivity contribution is 6.21. The van der Waals surface area contributed by atoms with Crippen LogP contribution in [0.2, 0.25) is 0 Å². The highest BCUT2D eigenvalue weighted by Crippen LogP contribution is 2.72. The van der Waals surface area contributed by atoms with E-state index < -0.39 is 0 Å². The van der Waals surface area contributed by atoms with Gasteiger partial charge in [-0.25, -0.2) is 8.78 Å². The van der Waals surface area contributed by atoms with E-state index in [2.05, 4.69) is 181 Å². The van der Waals surface area contributed by atoms with Crippen molar-refractivity contribution in [1.82, 2.24) is 0 Å². The molecule has 6 heteroatoms. The molecule has 0 saturated heterocycles. The van der Waals surface area contributed by atoms with Gasteiger partial charge in [0.1, 0.15) is 28.4 Å². The van der Waals surface area contributed by atoms with Crippen molar-refractivity contribution in [3.63, 3.8) is 0 Å². The van der Waals surface area contributed by atoms with Crippen LogP contribution in [-0.2, 0) is 5.41 Å². The molecule has 378 valence electrons. The molecule has 0 radical (unpaired) electrons. The lowest BCUT2D eigenvalue weighted by molar-refractivity contribution is -0.0396. The van der Waals surface area contributed by atoms with Gasteiger partial charge in [-0.05, 0) is 211 Å². The fourth-order valence-electron chi connectivity index (χ4n) is 15.5. The zero-order valence-electron chi connectivity index (χ0n) is 43.4. The van der Waals surface area contributed by atoms with E-state index in [1.54, 1.807) is 0 Å². The van der Waals surface area contributed by atoms with Gasteiger partial charge in [-0.2, -0.15) is 0 Å². The maximum Gasteiger partial charge on any atom is 0.160 e. The van der Waals surface area contributed by atoms with E-state index in [9.17, 15) is 8.78 Å². The smallest absolute Gasteiger partial charge is 0.160 e. The number of rotatable bonds is 8. The van der Waals surface area contributed by atoms with E-state index in [-0.39, 0.29) is 17.0 Å². The molecule has 0 unspecified atom stereocenters. The van der Waals surface area contributed by atoms with Gasteiger partial charge in [-0.15, -0.1) is 0 Å². The van der Waals surface area contributed by atoms with Crippen LogP contribution < -0.4 is 9.80 Å². The first-order valence-electron chi connectivity index (χ1n) is 27.7. The van der Waals surface area contributed by atoms with Crippen molar-refractivity contribution in [1.29, 1.82) is 0 Å². The van der Waals surface area contributed by atoms with Crippen LogP contribution in [-0.4, -0.2) is 0 Å². The number of aryl methyl sites for hydroxylation is 2. The molecule has 2 heterocycles. The van der Waals surface area contributed by atoms with Crippen molar-refractivity contribution in [2.75, 3.05) is 9.80 Å². The topological polar surface area (TPSA) is 32.8 Å². The summed E-state index contributed by atoms with van der Waals surface area (Å²) >= 11 is 0. The molecule has 10 aromatic carbocycles. The van der Waals surface area contributed by atoms with Crippen molar-refractivity contribution in [3.8, 4) is 33.4 Å². The fraction of sp³-hybridized carbons (Fsp3) is 0.167. The van der Waals surface area contributed by atoms with Crippen LogP contribution in [0.5, 0.6) is 0 Å². The Kier molecular flexibility index (Phi) is 9.98.